The summed E-state index contributed by atoms with van der Waals surface area (Å²) in [4.78, 5) is 12.0. The van der Waals surface area contributed by atoms with Crippen molar-refractivity contribution in [3.8, 4) is 5.75 Å². The van der Waals surface area contributed by atoms with Crippen molar-refractivity contribution in [2.45, 2.75) is 32.9 Å². The molecule has 1 heterocycles. The fourth-order valence-corrected chi connectivity index (χ4v) is 2.00. The van der Waals surface area contributed by atoms with Gasteiger partial charge in [-0.05, 0) is 38.0 Å². The van der Waals surface area contributed by atoms with Gasteiger partial charge in [-0.15, -0.1) is 0 Å². The van der Waals surface area contributed by atoms with Crippen LogP contribution in [-0.4, -0.2) is 26.8 Å². The number of phenols is 1. The summed E-state index contributed by atoms with van der Waals surface area (Å²) >= 11 is 0. The van der Waals surface area contributed by atoms with Gasteiger partial charge in [0.15, 0.2) is 0 Å². The number of hydrogen-bond donors (Lipinski definition) is 2. The molecule has 2 aromatic rings. The summed E-state index contributed by atoms with van der Waals surface area (Å²) in [6, 6.07) is 7.02. The summed E-state index contributed by atoms with van der Waals surface area (Å²) in [6.45, 7) is 4.67. The maximum atomic E-state index is 12.0. The Kier molecular flexibility index (Phi) is 4.40. The van der Waals surface area contributed by atoms with E-state index >= 15 is 0 Å². The molecule has 0 aliphatic carbocycles. The van der Waals surface area contributed by atoms with Crippen molar-refractivity contribution in [3.05, 3.63) is 47.8 Å². The number of benzene rings is 1. The molecule has 20 heavy (non-hydrogen) atoms. The first-order valence-corrected chi connectivity index (χ1v) is 6.69. The molecular formula is C15H19N3O2. The smallest absolute Gasteiger partial charge is 0.254 e. The molecule has 0 saturated heterocycles. The molecule has 0 fully saturated rings. The molecule has 1 aromatic carbocycles. The first-order chi connectivity index (χ1) is 9.58. The number of carbonyl (C=O) groups is 1. The van der Waals surface area contributed by atoms with Crippen LogP contribution in [0.2, 0.25) is 0 Å². The first kappa shape index (κ1) is 14.1. The van der Waals surface area contributed by atoms with Crippen LogP contribution in [0.3, 0.4) is 0 Å². The van der Waals surface area contributed by atoms with Gasteiger partial charge >= 0.3 is 0 Å². The highest BCUT2D eigenvalue weighted by atomic mass is 16.3. The number of phenolic OH excluding ortho intramolecular Hbond substituents is 1. The summed E-state index contributed by atoms with van der Waals surface area (Å²) in [5.74, 6) is 0.133. The van der Waals surface area contributed by atoms with Crippen LogP contribution in [0.5, 0.6) is 5.75 Å². The maximum absolute atomic E-state index is 12.0. The van der Waals surface area contributed by atoms with Crippen LogP contribution in [-0.2, 0) is 13.0 Å². The third-order valence-electron chi connectivity index (χ3n) is 3.08. The van der Waals surface area contributed by atoms with E-state index in [-0.39, 0.29) is 17.7 Å². The summed E-state index contributed by atoms with van der Waals surface area (Å²) in [5.41, 5.74) is 1.64. The SMILES string of the molecule is CCn1cc(C(=O)NC(C)Cc2ccc(O)cc2)cn1. The Morgan fingerprint density at radius 2 is 2.10 bits per heavy atom. The minimum Gasteiger partial charge on any atom is -0.508 e. The lowest BCUT2D eigenvalue weighted by Crippen LogP contribution is -2.33. The Labute approximate surface area is 118 Å². The van der Waals surface area contributed by atoms with E-state index in [1.165, 1.54) is 0 Å². The number of nitrogens with zero attached hydrogens (tertiary/aromatic N) is 2. The van der Waals surface area contributed by atoms with Gasteiger partial charge in [0.2, 0.25) is 0 Å². The van der Waals surface area contributed by atoms with Gasteiger partial charge in [-0.1, -0.05) is 12.1 Å². The van der Waals surface area contributed by atoms with Crippen LogP contribution in [0.15, 0.2) is 36.7 Å². The molecule has 0 saturated carbocycles. The fourth-order valence-electron chi connectivity index (χ4n) is 2.00. The van der Waals surface area contributed by atoms with Crippen molar-refractivity contribution < 1.29 is 9.90 Å². The minimum absolute atomic E-state index is 0.0111. The molecule has 1 atom stereocenters. The summed E-state index contributed by atoms with van der Waals surface area (Å²) in [6.07, 6.45) is 4.03. The average molecular weight is 273 g/mol. The normalized spacial score (nSPS) is 12.1. The zero-order valence-electron chi connectivity index (χ0n) is 11.7. The van der Waals surface area contributed by atoms with E-state index in [0.29, 0.717) is 12.0 Å². The second kappa shape index (κ2) is 6.23. The number of carbonyl (C=O) groups excluding carboxylic acids is 1. The molecule has 0 radical (unpaired) electrons. The lowest BCUT2D eigenvalue weighted by Gasteiger charge is -2.13. The Morgan fingerprint density at radius 1 is 1.40 bits per heavy atom. The van der Waals surface area contributed by atoms with Crippen molar-refractivity contribution in [1.29, 1.82) is 0 Å². The van der Waals surface area contributed by atoms with E-state index < -0.39 is 0 Å². The summed E-state index contributed by atoms with van der Waals surface area (Å²) < 4.78 is 1.72. The number of amides is 1. The highest BCUT2D eigenvalue weighted by molar-refractivity contribution is 5.93. The largest absolute Gasteiger partial charge is 0.508 e. The van der Waals surface area contributed by atoms with E-state index in [1.54, 1.807) is 29.2 Å². The second-order valence-corrected chi connectivity index (χ2v) is 4.83. The third-order valence-corrected chi connectivity index (χ3v) is 3.08. The van der Waals surface area contributed by atoms with Gasteiger partial charge in [-0.3, -0.25) is 9.48 Å². The lowest BCUT2D eigenvalue weighted by molar-refractivity contribution is 0.0940. The van der Waals surface area contributed by atoms with Crippen LogP contribution in [0, 0.1) is 0 Å². The number of aromatic nitrogens is 2. The summed E-state index contributed by atoms with van der Waals surface area (Å²) in [7, 11) is 0. The standard InChI is InChI=1S/C15H19N3O2/c1-3-18-10-13(9-16-18)15(20)17-11(2)8-12-4-6-14(19)7-5-12/h4-7,9-11,19H,3,8H2,1-2H3,(H,17,20). The molecule has 2 rings (SSSR count). The van der Waals surface area contributed by atoms with E-state index in [4.69, 9.17) is 0 Å². The molecular weight excluding hydrogens is 254 g/mol. The van der Waals surface area contributed by atoms with Gasteiger partial charge in [-0.25, -0.2) is 0 Å². The van der Waals surface area contributed by atoms with Crippen molar-refractivity contribution in [2.75, 3.05) is 0 Å². The number of aromatic hydroxyl groups is 1. The molecule has 106 valence electrons. The summed E-state index contributed by atoms with van der Waals surface area (Å²) in [5, 5.41) is 16.3. The predicted octanol–water partition coefficient (Wildman–Crippen LogP) is 1.97. The van der Waals surface area contributed by atoms with Gasteiger partial charge in [-0.2, -0.15) is 5.10 Å². The molecule has 0 aliphatic rings. The maximum Gasteiger partial charge on any atom is 0.254 e. The van der Waals surface area contributed by atoms with Gasteiger partial charge in [0, 0.05) is 18.8 Å². The topological polar surface area (TPSA) is 67.2 Å². The third kappa shape index (κ3) is 3.60. The minimum atomic E-state index is -0.115. The monoisotopic (exact) mass is 273 g/mol. The van der Waals surface area contributed by atoms with Crippen molar-refractivity contribution in [2.24, 2.45) is 0 Å². The van der Waals surface area contributed by atoms with Crippen molar-refractivity contribution in [3.63, 3.8) is 0 Å². The van der Waals surface area contributed by atoms with Crippen LogP contribution in [0.1, 0.15) is 29.8 Å². The van der Waals surface area contributed by atoms with Gasteiger partial charge < -0.3 is 10.4 Å². The van der Waals surface area contributed by atoms with Gasteiger partial charge in [0.25, 0.3) is 5.91 Å². The van der Waals surface area contributed by atoms with Gasteiger partial charge in [0.1, 0.15) is 5.75 Å². The average Bonchev–Trinajstić information content (AvgIpc) is 2.90. The molecule has 0 spiro atoms. The van der Waals surface area contributed by atoms with Crippen LogP contribution >= 0.6 is 0 Å². The number of aryl methyl sites for hydroxylation is 1. The second-order valence-electron chi connectivity index (χ2n) is 4.83. The molecule has 0 bridgehead atoms. The van der Waals surface area contributed by atoms with E-state index in [0.717, 1.165) is 12.1 Å². The Morgan fingerprint density at radius 3 is 2.70 bits per heavy atom. The fraction of sp³-hybridized carbons (Fsp3) is 0.333. The molecule has 0 aliphatic heterocycles. The molecule has 5 heteroatoms. The zero-order valence-corrected chi connectivity index (χ0v) is 11.7. The first-order valence-electron chi connectivity index (χ1n) is 6.69. The molecule has 5 nitrogen and oxygen atoms in total. The van der Waals surface area contributed by atoms with E-state index in [1.807, 2.05) is 26.0 Å². The van der Waals surface area contributed by atoms with E-state index in [2.05, 4.69) is 10.4 Å². The molecule has 1 aromatic heterocycles. The highest BCUT2D eigenvalue weighted by Gasteiger charge is 2.12. The van der Waals surface area contributed by atoms with Crippen LogP contribution in [0.25, 0.3) is 0 Å². The Balaban J connectivity index is 1.92. The number of hydrogen-bond acceptors (Lipinski definition) is 3. The van der Waals surface area contributed by atoms with Crippen LogP contribution < -0.4 is 5.32 Å². The molecule has 2 N–H and O–H groups in total. The molecule has 1 amide bonds. The number of nitrogens with one attached hydrogen (secondary N) is 1. The van der Waals surface area contributed by atoms with Crippen molar-refractivity contribution >= 4 is 5.91 Å². The lowest BCUT2D eigenvalue weighted by atomic mass is 10.1. The van der Waals surface area contributed by atoms with Gasteiger partial charge in [0.05, 0.1) is 11.8 Å². The van der Waals surface area contributed by atoms with Crippen molar-refractivity contribution in [1.82, 2.24) is 15.1 Å². The zero-order chi connectivity index (χ0) is 14.5. The Bertz CT molecular complexity index is 575. The van der Waals surface area contributed by atoms with E-state index in [9.17, 15) is 9.90 Å². The quantitative estimate of drug-likeness (QED) is 0.875. The predicted molar refractivity (Wildman–Crippen MR) is 76.6 cm³/mol. The molecule has 1 unspecified atom stereocenters. The van der Waals surface area contributed by atoms with Crippen LogP contribution in [0.4, 0.5) is 0 Å². The number of rotatable bonds is 5. The highest BCUT2D eigenvalue weighted by Crippen LogP contribution is 2.11. The Hall–Kier alpha value is -2.30.